The van der Waals surface area contributed by atoms with Gasteiger partial charge in [0.25, 0.3) is 0 Å². The van der Waals surface area contributed by atoms with E-state index in [0.717, 1.165) is 0 Å². The van der Waals surface area contributed by atoms with Gasteiger partial charge >= 0.3 is 0 Å². The molecule has 0 saturated heterocycles. The molecule has 1 aromatic rings. The fraction of sp³-hybridized carbons (Fsp3) is 0.286. The van der Waals surface area contributed by atoms with Gasteiger partial charge in [0, 0.05) is 12.7 Å². The van der Waals surface area contributed by atoms with E-state index in [4.69, 9.17) is 10.8 Å². The van der Waals surface area contributed by atoms with E-state index in [-0.39, 0.29) is 19.0 Å². The first-order valence-corrected chi connectivity index (χ1v) is 3.13. The van der Waals surface area contributed by atoms with Crippen LogP contribution in [0.15, 0.2) is 24.4 Å². The topological polar surface area (TPSA) is 59.1 Å². The Morgan fingerprint density at radius 3 is 2.73 bits per heavy atom. The van der Waals surface area contributed by atoms with Crippen molar-refractivity contribution >= 4 is 12.4 Å². The Hall–Kier alpha value is -0.640. The first-order valence-electron chi connectivity index (χ1n) is 3.13. The monoisotopic (exact) mass is 174 g/mol. The Morgan fingerprint density at radius 1 is 1.55 bits per heavy atom. The molecule has 1 unspecified atom stereocenters. The summed E-state index contributed by atoms with van der Waals surface area (Å²) < 4.78 is 0. The molecule has 0 aliphatic carbocycles. The molecule has 0 bridgehead atoms. The van der Waals surface area contributed by atoms with Crippen molar-refractivity contribution in [3.63, 3.8) is 0 Å². The molecule has 0 saturated carbocycles. The lowest BCUT2D eigenvalue weighted by Crippen LogP contribution is -2.12. The number of halogens is 1. The largest absolute Gasteiger partial charge is 0.385 e. The van der Waals surface area contributed by atoms with E-state index in [0.29, 0.717) is 5.69 Å². The van der Waals surface area contributed by atoms with Crippen molar-refractivity contribution in [2.24, 2.45) is 5.73 Å². The number of nitrogens with zero attached hydrogens (tertiary/aromatic N) is 1. The van der Waals surface area contributed by atoms with Crippen LogP contribution in [-0.4, -0.2) is 16.6 Å². The molecule has 3 N–H and O–H groups in total. The third-order valence-electron chi connectivity index (χ3n) is 1.25. The van der Waals surface area contributed by atoms with E-state index in [1.165, 1.54) is 0 Å². The van der Waals surface area contributed by atoms with Gasteiger partial charge < -0.3 is 10.8 Å². The number of aliphatic hydroxyl groups is 1. The minimum absolute atomic E-state index is 0. The summed E-state index contributed by atoms with van der Waals surface area (Å²) >= 11 is 0. The number of aromatic nitrogens is 1. The molecule has 1 heterocycles. The van der Waals surface area contributed by atoms with E-state index < -0.39 is 6.10 Å². The van der Waals surface area contributed by atoms with Gasteiger partial charge in [-0.1, -0.05) is 6.07 Å². The summed E-state index contributed by atoms with van der Waals surface area (Å²) in [5.74, 6) is 0. The molecule has 3 nitrogen and oxygen atoms in total. The summed E-state index contributed by atoms with van der Waals surface area (Å²) in [7, 11) is 0. The molecular weight excluding hydrogens is 164 g/mol. The summed E-state index contributed by atoms with van der Waals surface area (Å²) in [4.78, 5) is 3.92. The zero-order valence-electron chi connectivity index (χ0n) is 5.97. The average molecular weight is 175 g/mol. The van der Waals surface area contributed by atoms with E-state index in [1.54, 1.807) is 18.3 Å². The Bertz CT molecular complexity index is 193. The van der Waals surface area contributed by atoms with E-state index in [1.807, 2.05) is 6.07 Å². The van der Waals surface area contributed by atoms with Gasteiger partial charge in [-0.05, 0) is 12.1 Å². The maximum Gasteiger partial charge on any atom is 0.108 e. The minimum Gasteiger partial charge on any atom is -0.385 e. The zero-order chi connectivity index (χ0) is 7.40. The van der Waals surface area contributed by atoms with Gasteiger partial charge in [-0.3, -0.25) is 4.98 Å². The smallest absolute Gasteiger partial charge is 0.108 e. The lowest BCUT2D eigenvalue weighted by Gasteiger charge is -2.04. The number of hydrogen-bond donors (Lipinski definition) is 2. The Kier molecular flexibility index (Phi) is 4.77. The number of hydrogen-bond acceptors (Lipinski definition) is 3. The molecule has 1 atom stereocenters. The molecular formula is C7H11ClN2O. The van der Waals surface area contributed by atoms with Gasteiger partial charge in [0.05, 0.1) is 5.69 Å². The van der Waals surface area contributed by atoms with Crippen molar-refractivity contribution in [3.05, 3.63) is 30.1 Å². The van der Waals surface area contributed by atoms with Gasteiger partial charge in [0.1, 0.15) is 6.10 Å². The quantitative estimate of drug-likeness (QED) is 0.687. The molecule has 0 fully saturated rings. The second kappa shape index (κ2) is 5.07. The van der Waals surface area contributed by atoms with Crippen molar-refractivity contribution in [1.82, 2.24) is 4.98 Å². The van der Waals surface area contributed by atoms with Crippen LogP contribution in [0.1, 0.15) is 11.8 Å². The summed E-state index contributed by atoms with van der Waals surface area (Å²) in [6, 6.07) is 5.37. The standard InChI is InChI=1S/C7H10N2O.ClH/c8-5-7(10)6-3-1-2-4-9-6;/h1-4,7,10H,5,8H2;1H. The SMILES string of the molecule is Cl.NCC(O)c1ccccn1. The van der Waals surface area contributed by atoms with Crippen molar-refractivity contribution in [1.29, 1.82) is 0 Å². The van der Waals surface area contributed by atoms with Crippen LogP contribution in [0.25, 0.3) is 0 Å². The maximum atomic E-state index is 9.14. The van der Waals surface area contributed by atoms with Crippen molar-refractivity contribution in [3.8, 4) is 0 Å². The van der Waals surface area contributed by atoms with Crippen LogP contribution in [-0.2, 0) is 0 Å². The zero-order valence-corrected chi connectivity index (χ0v) is 6.79. The lowest BCUT2D eigenvalue weighted by atomic mass is 10.2. The Balaban J connectivity index is 0.000001000. The van der Waals surface area contributed by atoms with Gasteiger partial charge in [-0.2, -0.15) is 0 Å². The van der Waals surface area contributed by atoms with Crippen LogP contribution in [0.3, 0.4) is 0 Å². The Labute approximate surface area is 71.7 Å². The minimum atomic E-state index is -0.624. The number of pyridine rings is 1. The van der Waals surface area contributed by atoms with Crippen molar-refractivity contribution < 1.29 is 5.11 Å². The summed E-state index contributed by atoms with van der Waals surface area (Å²) in [6.07, 6.45) is 1.01. The van der Waals surface area contributed by atoms with Gasteiger partial charge in [0.15, 0.2) is 0 Å². The molecule has 0 amide bonds. The Morgan fingerprint density at radius 2 is 2.27 bits per heavy atom. The van der Waals surface area contributed by atoms with E-state index in [9.17, 15) is 0 Å². The summed E-state index contributed by atoms with van der Waals surface area (Å²) in [5.41, 5.74) is 5.84. The highest BCUT2D eigenvalue weighted by atomic mass is 35.5. The predicted octanol–water partition coefficient (Wildman–Crippen LogP) is 0.496. The normalized spacial score (nSPS) is 11.8. The van der Waals surface area contributed by atoms with E-state index in [2.05, 4.69) is 4.98 Å². The first-order chi connectivity index (χ1) is 4.84. The van der Waals surface area contributed by atoms with Gasteiger partial charge in [-0.25, -0.2) is 0 Å². The van der Waals surface area contributed by atoms with Crippen LogP contribution in [0.2, 0.25) is 0 Å². The number of nitrogens with two attached hydrogens (primary N) is 1. The molecule has 1 rings (SSSR count). The molecule has 1 aromatic heterocycles. The molecule has 62 valence electrons. The van der Waals surface area contributed by atoms with Crippen LogP contribution in [0.5, 0.6) is 0 Å². The molecule has 0 aliphatic heterocycles. The van der Waals surface area contributed by atoms with Crippen molar-refractivity contribution in [2.45, 2.75) is 6.10 Å². The fourth-order valence-electron chi connectivity index (χ4n) is 0.694. The highest BCUT2D eigenvalue weighted by Crippen LogP contribution is 2.05. The maximum absolute atomic E-state index is 9.14. The third kappa shape index (κ3) is 2.84. The molecule has 4 heteroatoms. The van der Waals surface area contributed by atoms with Crippen LogP contribution in [0, 0.1) is 0 Å². The summed E-state index contributed by atoms with van der Waals surface area (Å²) in [6.45, 7) is 0.219. The fourth-order valence-corrected chi connectivity index (χ4v) is 0.694. The predicted molar refractivity (Wildman–Crippen MR) is 45.5 cm³/mol. The number of aliphatic hydroxyl groups excluding tert-OH is 1. The van der Waals surface area contributed by atoms with Gasteiger partial charge in [0.2, 0.25) is 0 Å². The van der Waals surface area contributed by atoms with E-state index >= 15 is 0 Å². The van der Waals surface area contributed by atoms with Crippen LogP contribution >= 0.6 is 12.4 Å². The summed E-state index contributed by atoms with van der Waals surface area (Å²) in [5, 5.41) is 9.14. The number of rotatable bonds is 2. The van der Waals surface area contributed by atoms with Gasteiger partial charge in [-0.15, -0.1) is 12.4 Å². The average Bonchev–Trinajstić information content (AvgIpc) is 2.05. The highest BCUT2D eigenvalue weighted by Gasteiger charge is 2.03. The van der Waals surface area contributed by atoms with Crippen LogP contribution < -0.4 is 5.73 Å². The molecule has 0 aromatic carbocycles. The molecule has 0 radical (unpaired) electrons. The first kappa shape index (κ1) is 10.4. The second-order valence-electron chi connectivity index (χ2n) is 2.01. The lowest BCUT2D eigenvalue weighted by molar-refractivity contribution is 0.182. The van der Waals surface area contributed by atoms with Crippen molar-refractivity contribution in [2.75, 3.05) is 6.54 Å². The second-order valence-corrected chi connectivity index (χ2v) is 2.01. The van der Waals surface area contributed by atoms with Crippen LogP contribution in [0.4, 0.5) is 0 Å². The highest BCUT2D eigenvalue weighted by molar-refractivity contribution is 5.85. The third-order valence-corrected chi connectivity index (χ3v) is 1.25. The molecule has 11 heavy (non-hydrogen) atoms. The molecule has 0 aliphatic rings. The molecule has 0 spiro atoms.